The highest BCUT2D eigenvalue weighted by Crippen LogP contribution is 2.45. The van der Waals surface area contributed by atoms with Crippen LogP contribution in [0.1, 0.15) is 54.7 Å². The number of ether oxygens (including phenoxy) is 1. The highest BCUT2D eigenvalue weighted by Gasteiger charge is 2.56. The quantitative estimate of drug-likeness (QED) is 0.506. The number of hydrogen-bond acceptors (Lipinski definition) is 3. The van der Waals surface area contributed by atoms with Gasteiger partial charge in [-0.2, -0.15) is 0 Å². The van der Waals surface area contributed by atoms with Crippen molar-refractivity contribution in [2.45, 2.75) is 57.5 Å². The number of halogens is 1. The number of carbonyl (C=O) groups excluding carboxylic acids is 2. The van der Waals surface area contributed by atoms with E-state index in [0.29, 0.717) is 17.9 Å². The highest BCUT2D eigenvalue weighted by molar-refractivity contribution is 6.30. The summed E-state index contributed by atoms with van der Waals surface area (Å²) in [5.74, 6) is -1.22. The molecule has 0 aromatic heterocycles. The van der Waals surface area contributed by atoms with E-state index in [1.54, 1.807) is 0 Å². The summed E-state index contributed by atoms with van der Waals surface area (Å²) >= 11 is 5.99. The second-order valence-corrected chi connectivity index (χ2v) is 8.24. The Morgan fingerprint density at radius 3 is 2.11 bits per heavy atom. The van der Waals surface area contributed by atoms with Gasteiger partial charge in [0.15, 0.2) is 11.4 Å². The summed E-state index contributed by atoms with van der Waals surface area (Å²) in [6.45, 7) is 3.93. The van der Waals surface area contributed by atoms with Gasteiger partial charge < -0.3 is 4.74 Å². The van der Waals surface area contributed by atoms with Crippen molar-refractivity contribution in [1.82, 2.24) is 0 Å². The van der Waals surface area contributed by atoms with Gasteiger partial charge in [-0.05, 0) is 79.5 Å². The molecule has 3 nitrogen and oxygen atoms in total. The summed E-state index contributed by atoms with van der Waals surface area (Å²) in [5, 5.41) is 0.695. The topological polar surface area (TPSA) is 43.4 Å². The van der Waals surface area contributed by atoms with Crippen LogP contribution in [0.2, 0.25) is 5.02 Å². The Hall–Kier alpha value is -2.13. The fourth-order valence-corrected chi connectivity index (χ4v) is 4.76. The molecule has 1 unspecified atom stereocenters. The second kappa shape index (κ2) is 6.79. The van der Waals surface area contributed by atoms with Gasteiger partial charge in [-0.25, -0.2) is 0 Å². The molecular formula is C23H23ClO3. The van der Waals surface area contributed by atoms with Gasteiger partial charge in [0.25, 0.3) is 0 Å². The Labute approximate surface area is 164 Å². The van der Waals surface area contributed by atoms with Crippen LogP contribution in [0.25, 0.3) is 11.1 Å². The van der Waals surface area contributed by atoms with Crippen LogP contribution in [0.4, 0.5) is 0 Å². The minimum absolute atomic E-state index is 0.0438. The Kier molecular flexibility index (Phi) is 4.59. The largest absolute Gasteiger partial charge is 0.450 e. The van der Waals surface area contributed by atoms with E-state index in [9.17, 15) is 9.59 Å². The molecule has 1 atom stereocenters. The predicted molar refractivity (Wildman–Crippen MR) is 106 cm³/mol. The molecule has 2 aromatic rings. The molecule has 1 heterocycles. The lowest BCUT2D eigenvalue weighted by Crippen LogP contribution is -2.39. The molecule has 27 heavy (non-hydrogen) atoms. The number of aryl methyl sites for hydroxylation is 2. The Balaban J connectivity index is 1.73. The zero-order valence-corrected chi connectivity index (χ0v) is 16.4. The Morgan fingerprint density at radius 2 is 1.52 bits per heavy atom. The standard InChI is InChI=1S/C23H23ClO3/c1-14-12-17(16-6-8-18(24)9-7-16)13-15(2)19(14)20-21(25)23(27-22(20)26)10-4-3-5-11-23/h6-9,12-13,20H,3-5,10-11H2,1-2H3. The Bertz CT molecular complexity index is 885. The summed E-state index contributed by atoms with van der Waals surface area (Å²) < 4.78 is 5.70. The first kappa shape index (κ1) is 18.2. The molecule has 1 saturated carbocycles. The first-order valence-corrected chi connectivity index (χ1v) is 9.93. The lowest BCUT2D eigenvalue weighted by Gasteiger charge is -2.30. The van der Waals surface area contributed by atoms with Crippen molar-refractivity contribution in [3.63, 3.8) is 0 Å². The molecule has 4 heteroatoms. The second-order valence-electron chi connectivity index (χ2n) is 7.80. The summed E-state index contributed by atoms with van der Waals surface area (Å²) in [6, 6.07) is 11.8. The van der Waals surface area contributed by atoms with E-state index in [-0.39, 0.29) is 11.8 Å². The Morgan fingerprint density at radius 1 is 0.926 bits per heavy atom. The monoisotopic (exact) mass is 382 g/mol. The fourth-order valence-electron chi connectivity index (χ4n) is 4.63. The van der Waals surface area contributed by atoms with Crippen molar-refractivity contribution in [3.05, 3.63) is 58.1 Å². The predicted octanol–water partition coefficient (Wildman–Crippen LogP) is 5.54. The molecule has 1 saturated heterocycles. The van der Waals surface area contributed by atoms with Crippen LogP contribution in [0.3, 0.4) is 0 Å². The van der Waals surface area contributed by atoms with Crippen LogP contribution in [0.5, 0.6) is 0 Å². The summed E-state index contributed by atoms with van der Waals surface area (Å²) in [5.41, 5.74) is 3.93. The van der Waals surface area contributed by atoms with Crippen LogP contribution in [-0.2, 0) is 14.3 Å². The average Bonchev–Trinajstić information content (AvgIpc) is 2.86. The molecule has 2 fully saturated rings. The first-order valence-electron chi connectivity index (χ1n) is 9.55. The van der Waals surface area contributed by atoms with E-state index < -0.39 is 11.5 Å². The van der Waals surface area contributed by atoms with Gasteiger partial charge in [0.05, 0.1) is 0 Å². The number of ketones is 1. The van der Waals surface area contributed by atoms with E-state index in [1.165, 1.54) is 0 Å². The summed E-state index contributed by atoms with van der Waals surface area (Å²) in [6.07, 6.45) is 4.31. The third-order valence-corrected chi connectivity index (χ3v) is 6.22. The molecule has 0 bridgehead atoms. The number of carbonyl (C=O) groups is 2. The molecule has 0 amide bonds. The van der Waals surface area contributed by atoms with Gasteiger partial charge >= 0.3 is 5.97 Å². The zero-order chi connectivity index (χ0) is 19.2. The van der Waals surface area contributed by atoms with Crippen LogP contribution < -0.4 is 0 Å². The highest BCUT2D eigenvalue weighted by atomic mass is 35.5. The molecular weight excluding hydrogens is 360 g/mol. The normalized spacial score (nSPS) is 21.5. The zero-order valence-electron chi connectivity index (χ0n) is 15.7. The van der Waals surface area contributed by atoms with Crippen molar-refractivity contribution < 1.29 is 14.3 Å². The van der Waals surface area contributed by atoms with E-state index in [4.69, 9.17) is 16.3 Å². The third kappa shape index (κ3) is 3.08. The number of hydrogen-bond donors (Lipinski definition) is 0. The van der Waals surface area contributed by atoms with Gasteiger partial charge in [0, 0.05) is 5.02 Å². The number of benzene rings is 2. The fraction of sp³-hybridized carbons (Fsp3) is 0.391. The molecule has 1 aliphatic carbocycles. The van der Waals surface area contributed by atoms with Crippen LogP contribution in [0, 0.1) is 13.8 Å². The van der Waals surface area contributed by atoms with Crippen molar-refractivity contribution >= 4 is 23.4 Å². The smallest absolute Gasteiger partial charge is 0.322 e. The molecule has 0 N–H and O–H groups in total. The average molecular weight is 383 g/mol. The maximum absolute atomic E-state index is 13.2. The third-order valence-electron chi connectivity index (χ3n) is 5.96. The van der Waals surface area contributed by atoms with Crippen LogP contribution in [0.15, 0.2) is 36.4 Å². The molecule has 1 aliphatic heterocycles. The molecule has 140 valence electrons. The maximum atomic E-state index is 13.2. The SMILES string of the molecule is Cc1cc(-c2ccc(Cl)cc2)cc(C)c1C1C(=O)OC2(CCCCC2)C1=O. The molecule has 2 aliphatic rings. The van der Waals surface area contributed by atoms with Crippen molar-refractivity contribution in [2.75, 3.05) is 0 Å². The molecule has 2 aromatic carbocycles. The minimum atomic E-state index is -0.881. The minimum Gasteiger partial charge on any atom is -0.450 e. The van der Waals surface area contributed by atoms with E-state index in [1.807, 2.05) is 50.2 Å². The van der Waals surface area contributed by atoms with Crippen molar-refractivity contribution in [2.24, 2.45) is 0 Å². The van der Waals surface area contributed by atoms with E-state index in [0.717, 1.165) is 47.1 Å². The number of Topliss-reactive ketones (excluding diaryl/α,β-unsaturated/α-hetero) is 1. The van der Waals surface area contributed by atoms with Gasteiger partial charge in [-0.3, -0.25) is 9.59 Å². The summed E-state index contributed by atoms with van der Waals surface area (Å²) in [4.78, 5) is 25.9. The van der Waals surface area contributed by atoms with Gasteiger partial charge in [0.2, 0.25) is 0 Å². The lowest BCUT2D eigenvalue weighted by molar-refractivity contribution is -0.154. The molecule has 0 radical (unpaired) electrons. The van der Waals surface area contributed by atoms with Crippen LogP contribution >= 0.6 is 11.6 Å². The lowest BCUT2D eigenvalue weighted by atomic mass is 9.76. The number of rotatable bonds is 2. The molecule has 4 rings (SSSR count). The summed E-state index contributed by atoms with van der Waals surface area (Å²) in [7, 11) is 0. The number of esters is 1. The van der Waals surface area contributed by atoms with Crippen molar-refractivity contribution in [3.8, 4) is 11.1 Å². The van der Waals surface area contributed by atoms with Crippen molar-refractivity contribution in [1.29, 1.82) is 0 Å². The van der Waals surface area contributed by atoms with Gasteiger partial charge in [0.1, 0.15) is 5.92 Å². The maximum Gasteiger partial charge on any atom is 0.322 e. The van der Waals surface area contributed by atoms with E-state index in [2.05, 4.69) is 0 Å². The van der Waals surface area contributed by atoms with E-state index >= 15 is 0 Å². The molecule has 1 spiro atoms. The first-order chi connectivity index (χ1) is 12.9. The van der Waals surface area contributed by atoms with Crippen LogP contribution in [-0.4, -0.2) is 17.4 Å². The van der Waals surface area contributed by atoms with Gasteiger partial charge in [-0.15, -0.1) is 0 Å². The van der Waals surface area contributed by atoms with Gasteiger partial charge in [-0.1, -0.05) is 42.3 Å².